The molecule has 21 heavy (non-hydrogen) atoms. The maximum absolute atomic E-state index is 13.6. The Morgan fingerprint density at radius 1 is 1.38 bits per heavy atom. The summed E-state index contributed by atoms with van der Waals surface area (Å²) in [5.41, 5.74) is 1.42. The lowest BCUT2D eigenvalue weighted by Gasteiger charge is -2.29. The molecular formula is C17H26FNO2. The van der Waals surface area contributed by atoms with Gasteiger partial charge in [-0.15, -0.1) is 0 Å². The third-order valence-electron chi connectivity index (χ3n) is 4.19. The van der Waals surface area contributed by atoms with Gasteiger partial charge in [0.2, 0.25) is 0 Å². The highest BCUT2D eigenvalue weighted by molar-refractivity contribution is 5.47. The SMILES string of the molecule is Cc1ccc(F)c(NCC(O)COC2CCCCC2C)c1. The van der Waals surface area contributed by atoms with Crippen LogP contribution in [-0.4, -0.2) is 30.5 Å². The standard InChI is InChI=1S/C17H26FNO2/c1-12-7-8-15(18)16(9-12)19-10-14(20)11-21-17-6-4-3-5-13(17)2/h7-9,13-14,17,19-20H,3-6,10-11H2,1-2H3. The number of benzene rings is 1. The Morgan fingerprint density at radius 3 is 2.90 bits per heavy atom. The van der Waals surface area contributed by atoms with Crippen LogP contribution in [0.3, 0.4) is 0 Å². The van der Waals surface area contributed by atoms with E-state index in [2.05, 4.69) is 12.2 Å². The van der Waals surface area contributed by atoms with Crippen molar-refractivity contribution in [3.63, 3.8) is 0 Å². The molecule has 4 heteroatoms. The van der Waals surface area contributed by atoms with E-state index < -0.39 is 6.10 Å². The lowest BCUT2D eigenvalue weighted by atomic mass is 9.88. The maximum atomic E-state index is 13.6. The Kier molecular flexibility index (Phi) is 6.00. The molecule has 3 nitrogen and oxygen atoms in total. The molecule has 0 spiro atoms. The molecule has 118 valence electrons. The monoisotopic (exact) mass is 295 g/mol. The van der Waals surface area contributed by atoms with Gasteiger partial charge in [0.25, 0.3) is 0 Å². The number of halogens is 1. The fourth-order valence-electron chi connectivity index (χ4n) is 2.83. The van der Waals surface area contributed by atoms with Gasteiger partial charge in [-0.1, -0.05) is 25.8 Å². The Balaban J connectivity index is 1.74. The zero-order valence-electron chi connectivity index (χ0n) is 12.9. The summed E-state index contributed by atoms with van der Waals surface area (Å²) in [5, 5.41) is 12.9. The van der Waals surface area contributed by atoms with Crippen LogP contribution in [0.1, 0.15) is 38.2 Å². The molecule has 1 aromatic carbocycles. The van der Waals surface area contributed by atoms with E-state index in [0.29, 0.717) is 24.8 Å². The summed E-state index contributed by atoms with van der Waals surface area (Å²) < 4.78 is 19.4. The zero-order chi connectivity index (χ0) is 15.2. The van der Waals surface area contributed by atoms with Gasteiger partial charge in [0.1, 0.15) is 5.82 Å². The van der Waals surface area contributed by atoms with Crippen LogP contribution in [0.25, 0.3) is 0 Å². The highest BCUT2D eigenvalue weighted by Gasteiger charge is 2.22. The Labute approximate surface area is 126 Å². The number of hydrogen-bond acceptors (Lipinski definition) is 3. The first kappa shape index (κ1) is 16.2. The third kappa shape index (κ3) is 4.97. The Hall–Kier alpha value is -1.13. The maximum Gasteiger partial charge on any atom is 0.146 e. The van der Waals surface area contributed by atoms with Gasteiger partial charge in [-0.3, -0.25) is 0 Å². The van der Waals surface area contributed by atoms with Crippen molar-refractivity contribution in [2.75, 3.05) is 18.5 Å². The van der Waals surface area contributed by atoms with E-state index >= 15 is 0 Å². The number of aliphatic hydroxyl groups is 1. The molecular weight excluding hydrogens is 269 g/mol. The van der Waals surface area contributed by atoms with Crippen LogP contribution in [0.2, 0.25) is 0 Å². The fourth-order valence-corrected chi connectivity index (χ4v) is 2.83. The average molecular weight is 295 g/mol. The molecule has 0 amide bonds. The van der Waals surface area contributed by atoms with Gasteiger partial charge in [-0.25, -0.2) is 4.39 Å². The van der Waals surface area contributed by atoms with Crippen LogP contribution < -0.4 is 5.32 Å². The second kappa shape index (κ2) is 7.76. The molecule has 2 N–H and O–H groups in total. The minimum atomic E-state index is -0.626. The van der Waals surface area contributed by atoms with Crippen LogP contribution in [0.4, 0.5) is 10.1 Å². The highest BCUT2D eigenvalue weighted by atomic mass is 19.1. The van der Waals surface area contributed by atoms with Crippen LogP contribution in [-0.2, 0) is 4.74 Å². The number of aliphatic hydroxyl groups excluding tert-OH is 1. The summed E-state index contributed by atoms with van der Waals surface area (Å²) in [6.07, 6.45) is 4.39. The van der Waals surface area contributed by atoms with Crippen molar-refractivity contribution >= 4 is 5.69 Å². The van der Waals surface area contributed by atoms with Crippen LogP contribution in [0, 0.1) is 18.7 Å². The van der Waals surface area contributed by atoms with Crippen molar-refractivity contribution in [3.8, 4) is 0 Å². The quantitative estimate of drug-likeness (QED) is 0.844. The molecule has 3 atom stereocenters. The molecule has 0 bridgehead atoms. The summed E-state index contributed by atoms with van der Waals surface area (Å²) >= 11 is 0. The van der Waals surface area contributed by atoms with E-state index in [1.807, 2.05) is 6.92 Å². The van der Waals surface area contributed by atoms with Gasteiger partial charge in [-0.2, -0.15) is 0 Å². The number of aryl methyl sites for hydroxylation is 1. The molecule has 1 aliphatic rings. The average Bonchev–Trinajstić information content (AvgIpc) is 2.47. The van der Waals surface area contributed by atoms with E-state index in [0.717, 1.165) is 12.0 Å². The number of rotatable bonds is 6. The van der Waals surface area contributed by atoms with Gasteiger partial charge >= 0.3 is 0 Å². The first-order valence-electron chi connectivity index (χ1n) is 7.86. The van der Waals surface area contributed by atoms with Gasteiger partial charge < -0.3 is 15.2 Å². The Morgan fingerprint density at radius 2 is 2.14 bits per heavy atom. The van der Waals surface area contributed by atoms with Gasteiger partial charge in [0.15, 0.2) is 0 Å². The lowest BCUT2D eigenvalue weighted by molar-refractivity contribution is -0.0424. The van der Waals surface area contributed by atoms with Crippen molar-refractivity contribution in [2.24, 2.45) is 5.92 Å². The third-order valence-corrected chi connectivity index (χ3v) is 4.19. The fraction of sp³-hybridized carbons (Fsp3) is 0.647. The molecule has 0 aromatic heterocycles. The summed E-state index contributed by atoms with van der Waals surface area (Å²) in [4.78, 5) is 0. The molecule has 1 saturated carbocycles. The van der Waals surface area contributed by atoms with Crippen LogP contribution >= 0.6 is 0 Å². The number of ether oxygens (including phenoxy) is 1. The largest absolute Gasteiger partial charge is 0.389 e. The summed E-state index contributed by atoms with van der Waals surface area (Å²) in [5.74, 6) is 0.266. The van der Waals surface area contributed by atoms with Crippen molar-refractivity contribution in [1.82, 2.24) is 0 Å². The second-order valence-electron chi connectivity index (χ2n) is 6.15. The van der Waals surface area contributed by atoms with Crippen molar-refractivity contribution in [3.05, 3.63) is 29.6 Å². The van der Waals surface area contributed by atoms with Crippen LogP contribution in [0.5, 0.6) is 0 Å². The molecule has 0 heterocycles. The molecule has 0 saturated heterocycles. The van der Waals surface area contributed by atoms with Crippen molar-refractivity contribution < 1.29 is 14.2 Å². The van der Waals surface area contributed by atoms with E-state index in [1.165, 1.54) is 25.3 Å². The highest BCUT2D eigenvalue weighted by Crippen LogP contribution is 2.26. The van der Waals surface area contributed by atoms with Crippen molar-refractivity contribution in [2.45, 2.75) is 51.7 Å². The smallest absolute Gasteiger partial charge is 0.146 e. The molecule has 0 radical (unpaired) electrons. The summed E-state index contributed by atoms with van der Waals surface area (Å²) in [6, 6.07) is 4.90. The van der Waals surface area contributed by atoms with Crippen molar-refractivity contribution in [1.29, 1.82) is 0 Å². The summed E-state index contributed by atoms with van der Waals surface area (Å²) in [6.45, 7) is 4.71. The predicted octanol–water partition coefficient (Wildman–Crippen LogP) is 3.50. The minimum absolute atomic E-state index is 0.254. The van der Waals surface area contributed by atoms with E-state index in [1.54, 1.807) is 12.1 Å². The molecule has 1 aromatic rings. The molecule has 3 unspecified atom stereocenters. The van der Waals surface area contributed by atoms with Gasteiger partial charge in [0, 0.05) is 6.54 Å². The number of nitrogens with one attached hydrogen (secondary N) is 1. The topological polar surface area (TPSA) is 41.5 Å². The normalized spacial score (nSPS) is 23.8. The molecule has 0 aliphatic heterocycles. The Bertz CT molecular complexity index is 452. The number of anilines is 1. The zero-order valence-corrected chi connectivity index (χ0v) is 12.9. The number of hydrogen-bond donors (Lipinski definition) is 2. The molecule has 1 aliphatic carbocycles. The van der Waals surface area contributed by atoms with Gasteiger partial charge in [-0.05, 0) is 43.4 Å². The second-order valence-corrected chi connectivity index (χ2v) is 6.15. The first-order valence-corrected chi connectivity index (χ1v) is 7.86. The van der Waals surface area contributed by atoms with Gasteiger partial charge in [0.05, 0.1) is 24.5 Å². The lowest BCUT2D eigenvalue weighted by Crippen LogP contribution is -2.32. The minimum Gasteiger partial charge on any atom is -0.389 e. The van der Waals surface area contributed by atoms with E-state index in [9.17, 15) is 9.50 Å². The molecule has 2 rings (SSSR count). The van der Waals surface area contributed by atoms with E-state index in [-0.39, 0.29) is 11.9 Å². The molecule has 1 fully saturated rings. The predicted molar refractivity (Wildman–Crippen MR) is 83.0 cm³/mol. The van der Waals surface area contributed by atoms with Crippen LogP contribution in [0.15, 0.2) is 18.2 Å². The first-order chi connectivity index (χ1) is 10.1. The summed E-state index contributed by atoms with van der Waals surface area (Å²) in [7, 11) is 0. The van der Waals surface area contributed by atoms with E-state index in [4.69, 9.17) is 4.74 Å².